The topological polar surface area (TPSA) is 80.4 Å². The molecule has 114 valence electrons. The van der Waals surface area contributed by atoms with Crippen LogP contribution in [0.1, 0.15) is 15.9 Å². The van der Waals surface area contributed by atoms with Gasteiger partial charge in [-0.15, -0.1) is 0 Å². The molecule has 0 bridgehead atoms. The molecule has 0 saturated carbocycles. The first-order valence-electron chi connectivity index (χ1n) is 5.90. The predicted molar refractivity (Wildman–Crippen MR) is 70.5 cm³/mol. The maximum absolute atomic E-state index is 12.5. The van der Waals surface area contributed by atoms with Crippen LogP contribution in [0.5, 0.6) is 0 Å². The maximum atomic E-state index is 12.5. The quantitative estimate of drug-likeness (QED) is 0.686. The summed E-state index contributed by atoms with van der Waals surface area (Å²) in [4.78, 5) is 21.3. The molecule has 22 heavy (non-hydrogen) atoms. The van der Waals surface area contributed by atoms with Gasteiger partial charge < -0.3 is 5.11 Å². The monoisotopic (exact) mass is 311 g/mol. The Morgan fingerprint density at radius 2 is 1.68 bits per heavy atom. The minimum atomic E-state index is -4.52. The number of nitro benzene ring substituents is 1. The van der Waals surface area contributed by atoms with Crippen molar-refractivity contribution < 1.29 is 28.0 Å². The maximum Gasteiger partial charge on any atom is 0.416 e. The Balaban J connectivity index is 2.60. The van der Waals surface area contributed by atoms with Crippen molar-refractivity contribution in [2.24, 2.45) is 0 Å². The van der Waals surface area contributed by atoms with Crippen molar-refractivity contribution in [2.75, 3.05) is 0 Å². The second-order valence-electron chi connectivity index (χ2n) is 4.34. The molecule has 2 rings (SSSR count). The second kappa shape index (κ2) is 5.47. The van der Waals surface area contributed by atoms with Crippen molar-refractivity contribution >= 4 is 11.7 Å². The van der Waals surface area contributed by atoms with Gasteiger partial charge in [-0.2, -0.15) is 13.2 Å². The number of para-hydroxylation sites is 1. The van der Waals surface area contributed by atoms with Crippen LogP contribution >= 0.6 is 0 Å². The van der Waals surface area contributed by atoms with Crippen LogP contribution in [0.2, 0.25) is 0 Å². The van der Waals surface area contributed by atoms with Gasteiger partial charge in [0.1, 0.15) is 5.56 Å². The average molecular weight is 311 g/mol. The lowest BCUT2D eigenvalue weighted by molar-refractivity contribution is -0.384. The van der Waals surface area contributed by atoms with Gasteiger partial charge >= 0.3 is 12.1 Å². The van der Waals surface area contributed by atoms with Crippen molar-refractivity contribution in [1.29, 1.82) is 0 Å². The molecular weight excluding hydrogens is 303 g/mol. The lowest BCUT2D eigenvalue weighted by Gasteiger charge is -2.09. The molecule has 0 heterocycles. The molecule has 0 aliphatic heterocycles. The van der Waals surface area contributed by atoms with E-state index in [0.717, 1.165) is 30.3 Å². The van der Waals surface area contributed by atoms with E-state index in [0.29, 0.717) is 0 Å². The average Bonchev–Trinajstić information content (AvgIpc) is 2.45. The standard InChI is InChI=1S/C14H8F3NO4/c15-14(16,17)9-6-4-8(5-7-9)10-2-1-3-11(13(19)20)12(10)18(21)22/h1-7H,(H,19,20). The van der Waals surface area contributed by atoms with Gasteiger partial charge in [-0.1, -0.05) is 18.2 Å². The van der Waals surface area contributed by atoms with Crippen molar-refractivity contribution in [3.63, 3.8) is 0 Å². The number of carboxylic acid groups (broad SMARTS) is 1. The van der Waals surface area contributed by atoms with E-state index in [9.17, 15) is 28.1 Å². The molecule has 2 aromatic rings. The zero-order valence-corrected chi connectivity index (χ0v) is 10.8. The Morgan fingerprint density at radius 1 is 1.09 bits per heavy atom. The molecule has 0 atom stereocenters. The number of hydrogen-bond acceptors (Lipinski definition) is 3. The molecule has 0 aliphatic rings. The van der Waals surface area contributed by atoms with Crippen molar-refractivity contribution in [2.45, 2.75) is 6.18 Å². The number of nitro groups is 1. The number of hydrogen-bond donors (Lipinski definition) is 1. The first kappa shape index (κ1) is 15.5. The van der Waals surface area contributed by atoms with Gasteiger partial charge in [-0.3, -0.25) is 10.1 Å². The Hall–Kier alpha value is -2.90. The van der Waals surface area contributed by atoms with Crippen LogP contribution in [0.3, 0.4) is 0 Å². The fourth-order valence-electron chi connectivity index (χ4n) is 1.98. The predicted octanol–water partition coefficient (Wildman–Crippen LogP) is 3.98. The lowest BCUT2D eigenvalue weighted by Crippen LogP contribution is -2.05. The van der Waals surface area contributed by atoms with Crippen LogP contribution in [-0.2, 0) is 6.18 Å². The minimum absolute atomic E-state index is 0.0568. The Morgan fingerprint density at radius 3 is 2.14 bits per heavy atom. The molecule has 1 N–H and O–H groups in total. The summed E-state index contributed by atoms with van der Waals surface area (Å²) in [7, 11) is 0. The van der Waals surface area contributed by atoms with Gasteiger partial charge in [-0.25, -0.2) is 4.79 Å². The van der Waals surface area contributed by atoms with Gasteiger partial charge in [0.05, 0.1) is 16.1 Å². The van der Waals surface area contributed by atoms with Gasteiger partial charge in [0, 0.05) is 0 Å². The summed E-state index contributed by atoms with van der Waals surface area (Å²) in [6.07, 6.45) is -4.52. The summed E-state index contributed by atoms with van der Waals surface area (Å²) >= 11 is 0. The van der Waals surface area contributed by atoms with E-state index in [1.165, 1.54) is 12.1 Å². The lowest BCUT2D eigenvalue weighted by atomic mass is 9.99. The van der Waals surface area contributed by atoms with Crippen molar-refractivity contribution in [1.82, 2.24) is 0 Å². The van der Waals surface area contributed by atoms with Crippen LogP contribution in [-0.4, -0.2) is 16.0 Å². The van der Waals surface area contributed by atoms with Crippen LogP contribution in [0.4, 0.5) is 18.9 Å². The Kier molecular flexibility index (Phi) is 3.85. The zero-order valence-electron chi connectivity index (χ0n) is 10.8. The summed E-state index contributed by atoms with van der Waals surface area (Å²) in [6, 6.07) is 7.34. The molecule has 0 unspecified atom stereocenters. The highest BCUT2D eigenvalue weighted by Crippen LogP contribution is 2.35. The second-order valence-corrected chi connectivity index (χ2v) is 4.34. The van der Waals surface area contributed by atoms with Gasteiger partial charge in [-0.05, 0) is 29.8 Å². The van der Waals surface area contributed by atoms with E-state index in [4.69, 9.17) is 5.11 Å². The van der Waals surface area contributed by atoms with E-state index >= 15 is 0 Å². The molecule has 0 saturated heterocycles. The van der Waals surface area contributed by atoms with E-state index in [1.54, 1.807) is 0 Å². The molecule has 0 aliphatic carbocycles. The van der Waals surface area contributed by atoms with E-state index in [-0.39, 0.29) is 11.1 Å². The molecule has 0 amide bonds. The van der Waals surface area contributed by atoms with Gasteiger partial charge in [0.15, 0.2) is 0 Å². The molecule has 0 spiro atoms. The summed E-state index contributed by atoms with van der Waals surface area (Å²) < 4.78 is 37.5. The Labute approximate surface area is 121 Å². The van der Waals surface area contributed by atoms with E-state index in [2.05, 4.69) is 0 Å². The highest BCUT2D eigenvalue weighted by Gasteiger charge is 2.30. The van der Waals surface area contributed by atoms with Crippen LogP contribution < -0.4 is 0 Å². The van der Waals surface area contributed by atoms with Crippen LogP contribution in [0.25, 0.3) is 11.1 Å². The smallest absolute Gasteiger partial charge is 0.416 e. The van der Waals surface area contributed by atoms with Crippen LogP contribution in [0, 0.1) is 10.1 Å². The fourth-order valence-corrected chi connectivity index (χ4v) is 1.98. The number of halogens is 3. The number of aromatic carboxylic acids is 1. The number of benzene rings is 2. The molecule has 0 radical (unpaired) electrons. The molecule has 8 heteroatoms. The van der Waals surface area contributed by atoms with E-state index in [1.807, 2.05) is 0 Å². The van der Waals surface area contributed by atoms with Gasteiger partial charge in [0.25, 0.3) is 5.69 Å². The first-order valence-corrected chi connectivity index (χ1v) is 5.90. The van der Waals surface area contributed by atoms with Crippen molar-refractivity contribution in [3.8, 4) is 11.1 Å². The summed E-state index contributed by atoms with van der Waals surface area (Å²) in [5.41, 5.74) is -2.01. The molecule has 0 fully saturated rings. The summed E-state index contributed by atoms with van der Waals surface area (Å²) in [5, 5.41) is 20.1. The number of nitrogens with zero attached hydrogens (tertiary/aromatic N) is 1. The van der Waals surface area contributed by atoms with Gasteiger partial charge in [0.2, 0.25) is 0 Å². The Bertz CT molecular complexity index is 739. The number of alkyl halides is 3. The largest absolute Gasteiger partial charge is 0.477 e. The molecule has 2 aromatic carbocycles. The first-order chi connectivity index (χ1) is 10.2. The zero-order chi connectivity index (χ0) is 16.5. The van der Waals surface area contributed by atoms with E-state index < -0.39 is 33.9 Å². The van der Waals surface area contributed by atoms with Crippen molar-refractivity contribution in [3.05, 3.63) is 63.7 Å². The van der Waals surface area contributed by atoms with Crippen LogP contribution in [0.15, 0.2) is 42.5 Å². The SMILES string of the molecule is O=C(O)c1cccc(-c2ccc(C(F)(F)F)cc2)c1[N+](=O)[O-]. The normalized spacial score (nSPS) is 11.2. The molecule has 5 nitrogen and oxygen atoms in total. The number of carboxylic acids is 1. The third kappa shape index (κ3) is 2.90. The summed E-state index contributed by atoms with van der Waals surface area (Å²) in [6.45, 7) is 0. The molecular formula is C14H8F3NO4. The highest BCUT2D eigenvalue weighted by molar-refractivity contribution is 5.96. The third-order valence-electron chi connectivity index (χ3n) is 2.97. The fraction of sp³-hybridized carbons (Fsp3) is 0.0714. The number of rotatable bonds is 3. The highest BCUT2D eigenvalue weighted by atomic mass is 19.4. The third-order valence-corrected chi connectivity index (χ3v) is 2.97. The minimum Gasteiger partial charge on any atom is -0.477 e. The number of carbonyl (C=O) groups is 1. The summed E-state index contributed by atoms with van der Waals surface area (Å²) in [5.74, 6) is -1.49. The molecule has 0 aromatic heterocycles.